The fraction of sp³-hybridized carbons (Fsp3) is 0.800. The first-order chi connectivity index (χ1) is 8.96. The molecule has 1 aromatic rings. The highest BCUT2D eigenvalue weighted by Gasteiger charge is 2.28. The van der Waals surface area contributed by atoms with Crippen molar-refractivity contribution < 1.29 is 4.42 Å². The van der Waals surface area contributed by atoms with E-state index in [-0.39, 0.29) is 0 Å². The molecule has 0 atom stereocenters. The molecule has 1 aliphatic rings. The molecule has 0 aliphatic carbocycles. The molecule has 0 saturated carbocycles. The zero-order chi connectivity index (χ0) is 13.9. The lowest BCUT2D eigenvalue weighted by atomic mass is 9.84. The summed E-state index contributed by atoms with van der Waals surface area (Å²) in [6.45, 7) is 12.9. The Bertz CT molecular complexity index is 398. The van der Waals surface area contributed by atoms with Crippen molar-refractivity contribution in [1.82, 2.24) is 10.3 Å². The normalized spacial score (nSPS) is 19.1. The summed E-state index contributed by atoms with van der Waals surface area (Å²) in [5.41, 5.74) is 1.36. The van der Waals surface area contributed by atoms with E-state index in [9.17, 15) is 0 Å². The molecule has 4 nitrogen and oxygen atoms in total. The molecule has 1 saturated heterocycles. The van der Waals surface area contributed by atoms with Crippen LogP contribution < -0.4 is 10.2 Å². The van der Waals surface area contributed by atoms with E-state index >= 15 is 0 Å². The van der Waals surface area contributed by atoms with Crippen LogP contribution >= 0.6 is 0 Å². The Balaban J connectivity index is 1.89. The fourth-order valence-corrected chi connectivity index (χ4v) is 2.60. The maximum absolute atomic E-state index is 5.63. The number of hydrogen-bond acceptors (Lipinski definition) is 4. The van der Waals surface area contributed by atoms with Gasteiger partial charge in [0.2, 0.25) is 0 Å². The molecule has 2 heterocycles. The van der Waals surface area contributed by atoms with Crippen LogP contribution in [0.15, 0.2) is 10.7 Å². The second-order valence-electron chi connectivity index (χ2n) is 6.84. The number of rotatable bonds is 5. The minimum absolute atomic E-state index is 0.364. The van der Waals surface area contributed by atoms with Crippen LogP contribution in [0.1, 0.15) is 46.2 Å². The summed E-state index contributed by atoms with van der Waals surface area (Å²) in [5.74, 6) is 0.661. The first kappa shape index (κ1) is 14.4. The number of nitrogens with zero attached hydrogens (tertiary/aromatic N) is 2. The van der Waals surface area contributed by atoms with Crippen LogP contribution in [-0.2, 0) is 6.54 Å². The quantitative estimate of drug-likeness (QED) is 0.888. The smallest absolute Gasteiger partial charge is 0.297 e. The van der Waals surface area contributed by atoms with Crippen molar-refractivity contribution in [2.24, 2.45) is 11.3 Å². The summed E-state index contributed by atoms with van der Waals surface area (Å²) in [4.78, 5) is 6.87. The van der Waals surface area contributed by atoms with E-state index in [0.717, 1.165) is 37.9 Å². The van der Waals surface area contributed by atoms with Gasteiger partial charge >= 0.3 is 0 Å². The van der Waals surface area contributed by atoms with Crippen molar-refractivity contribution in [3.05, 3.63) is 12.0 Å². The molecule has 0 aromatic carbocycles. The van der Waals surface area contributed by atoms with Gasteiger partial charge in [0.05, 0.1) is 5.69 Å². The van der Waals surface area contributed by atoms with Crippen LogP contribution in [0.3, 0.4) is 0 Å². The summed E-state index contributed by atoms with van der Waals surface area (Å²) in [7, 11) is 0. The van der Waals surface area contributed by atoms with Crippen molar-refractivity contribution >= 4 is 6.01 Å². The number of nitrogens with one attached hydrogen (secondary N) is 1. The minimum atomic E-state index is 0.364. The van der Waals surface area contributed by atoms with Crippen LogP contribution in [0, 0.1) is 11.3 Å². The first-order valence-electron chi connectivity index (χ1n) is 7.36. The summed E-state index contributed by atoms with van der Waals surface area (Å²) >= 11 is 0. The van der Waals surface area contributed by atoms with Crippen molar-refractivity contribution in [3.8, 4) is 0 Å². The molecule has 0 bridgehead atoms. The SMILES string of the molecule is CC(C)CNCc1coc(N2CCCC(C)(C)C2)n1. The summed E-state index contributed by atoms with van der Waals surface area (Å²) < 4.78 is 5.63. The topological polar surface area (TPSA) is 41.3 Å². The molecule has 108 valence electrons. The molecular formula is C15H27N3O. The Morgan fingerprint density at radius 2 is 2.26 bits per heavy atom. The predicted octanol–water partition coefficient (Wildman–Crippen LogP) is 3.05. The average molecular weight is 265 g/mol. The van der Waals surface area contributed by atoms with E-state index in [0.29, 0.717) is 11.3 Å². The summed E-state index contributed by atoms with van der Waals surface area (Å²) in [6.07, 6.45) is 4.29. The van der Waals surface area contributed by atoms with E-state index in [2.05, 4.69) is 42.9 Å². The van der Waals surface area contributed by atoms with E-state index < -0.39 is 0 Å². The van der Waals surface area contributed by atoms with Gasteiger partial charge in [-0.2, -0.15) is 4.98 Å². The molecule has 4 heteroatoms. The van der Waals surface area contributed by atoms with Crippen LogP contribution in [0.4, 0.5) is 6.01 Å². The Labute approximate surface area is 116 Å². The third-order valence-electron chi connectivity index (χ3n) is 3.57. The molecule has 1 aliphatic heterocycles. The van der Waals surface area contributed by atoms with Crippen LogP contribution in [-0.4, -0.2) is 24.6 Å². The van der Waals surface area contributed by atoms with E-state index in [1.54, 1.807) is 6.26 Å². The van der Waals surface area contributed by atoms with Crippen molar-refractivity contribution in [1.29, 1.82) is 0 Å². The number of piperidine rings is 1. The van der Waals surface area contributed by atoms with E-state index in [4.69, 9.17) is 4.42 Å². The van der Waals surface area contributed by atoms with Gasteiger partial charge in [-0.05, 0) is 30.7 Å². The zero-order valence-corrected chi connectivity index (χ0v) is 12.7. The Morgan fingerprint density at radius 1 is 1.47 bits per heavy atom. The van der Waals surface area contributed by atoms with Gasteiger partial charge in [0.15, 0.2) is 0 Å². The third-order valence-corrected chi connectivity index (χ3v) is 3.57. The van der Waals surface area contributed by atoms with Crippen LogP contribution in [0.2, 0.25) is 0 Å². The number of hydrogen-bond donors (Lipinski definition) is 1. The van der Waals surface area contributed by atoms with Gasteiger partial charge in [-0.25, -0.2) is 0 Å². The number of oxazole rings is 1. The lowest BCUT2D eigenvalue weighted by Crippen LogP contribution is -2.40. The van der Waals surface area contributed by atoms with E-state index in [1.165, 1.54) is 12.8 Å². The van der Waals surface area contributed by atoms with Gasteiger partial charge in [0.1, 0.15) is 6.26 Å². The summed E-state index contributed by atoms with van der Waals surface area (Å²) in [6, 6.07) is 0.786. The van der Waals surface area contributed by atoms with Crippen LogP contribution in [0.5, 0.6) is 0 Å². The fourth-order valence-electron chi connectivity index (χ4n) is 2.60. The monoisotopic (exact) mass is 265 g/mol. The van der Waals surface area contributed by atoms with Gasteiger partial charge in [-0.3, -0.25) is 0 Å². The maximum Gasteiger partial charge on any atom is 0.297 e. The zero-order valence-electron chi connectivity index (χ0n) is 12.7. The third kappa shape index (κ3) is 4.23. The molecule has 1 N–H and O–H groups in total. The largest absolute Gasteiger partial charge is 0.432 e. The highest BCUT2D eigenvalue weighted by Crippen LogP contribution is 2.31. The number of aromatic nitrogens is 1. The molecule has 1 aromatic heterocycles. The molecule has 19 heavy (non-hydrogen) atoms. The second-order valence-corrected chi connectivity index (χ2v) is 6.84. The van der Waals surface area contributed by atoms with E-state index in [1.807, 2.05) is 0 Å². The molecule has 0 radical (unpaired) electrons. The first-order valence-corrected chi connectivity index (χ1v) is 7.36. The van der Waals surface area contributed by atoms with Crippen LogP contribution in [0.25, 0.3) is 0 Å². The Hall–Kier alpha value is -1.03. The van der Waals surface area contributed by atoms with Gasteiger partial charge in [0, 0.05) is 19.6 Å². The van der Waals surface area contributed by atoms with Gasteiger partial charge in [0.25, 0.3) is 6.01 Å². The molecule has 1 fully saturated rings. The molecule has 0 amide bonds. The Morgan fingerprint density at radius 3 is 2.95 bits per heavy atom. The average Bonchev–Trinajstić information content (AvgIpc) is 2.76. The van der Waals surface area contributed by atoms with Crippen molar-refractivity contribution in [3.63, 3.8) is 0 Å². The molecule has 0 unspecified atom stereocenters. The second kappa shape index (κ2) is 5.95. The standard InChI is InChI=1S/C15H27N3O/c1-12(2)8-16-9-13-10-19-14(17-13)18-7-5-6-15(3,4)11-18/h10,12,16H,5-9,11H2,1-4H3. The Kier molecular flexibility index (Phi) is 4.50. The maximum atomic E-state index is 5.63. The molecule has 2 rings (SSSR count). The molecule has 0 spiro atoms. The lowest BCUT2D eigenvalue weighted by Gasteiger charge is -2.37. The van der Waals surface area contributed by atoms with Crippen molar-refractivity contribution in [2.45, 2.75) is 47.1 Å². The highest BCUT2D eigenvalue weighted by atomic mass is 16.4. The minimum Gasteiger partial charge on any atom is -0.432 e. The van der Waals surface area contributed by atoms with Crippen molar-refractivity contribution in [2.75, 3.05) is 24.5 Å². The van der Waals surface area contributed by atoms with Gasteiger partial charge in [-0.1, -0.05) is 27.7 Å². The predicted molar refractivity (Wildman–Crippen MR) is 78.3 cm³/mol. The number of anilines is 1. The van der Waals surface area contributed by atoms with Gasteiger partial charge in [-0.15, -0.1) is 0 Å². The summed E-state index contributed by atoms with van der Waals surface area (Å²) in [5, 5.41) is 3.39. The lowest BCUT2D eigenvalue weighted by molar-refractivity contribution is 0.283. The highest BCUT2D eigenvalue weighted by molar-refractivity contribution is 5.28. The van der Waals surface area contributed by atoms with Gasteiger partial charge < -0.3 is 14.6 Å². The molecular weight excluding hydrogens is 238 g/mol.